The average molecular weight is 262 g/mol. The highest BCUT2D eigenvalue weighted by Crippen LogP contribution is 2.25. The van der Waals surface area contributed by atoms with E-state index in [1.807, 2.05) is 6.92 Å². The Bertz CT molecular complexity index is 437. The fourth-order valence-electron chi connectivity index (χ4n) is 2.11. The Hall–Kier alpha value is -1.64. The van der Waals surface area contributed by atoms with Crippen LogP contribution in [0.1, 0.15) is 56.8 Å². The molecule has 0 radical (unpaired) electrons. The number of para-hydroxylation sites is 1. The van der Waals surface area contributed by atoms with Crippen LogP contribution in [0, 0.1) is 5.92 Å². The van der Waals surface area contributed by atoms with E-state index >= 15 is 0 Å². The van der Waals surface area contributed by atoms with Gasteiger partial charge in [0, 0.05) is 12.8 Å². The van der Waals surface area contributed by atoms with Gasteiger partial charge in [0.1, 0.15) is 5.75 Å². The molecule has 0 saturated carbocycles. The van der Waals surface area contributed by atoms with Crippen molar-refractivity contribution in [3.63, 3.8) is 0 Å². The van der Waals surface area contributed by atoms with E-state index in [9.17, 15) is 9.59 Å². The Kier molecular flexibility index (Phi) is 6.26. The van der Waals surface area contributed by atoms with Crippen LogP contribution in [-0.2, 0) is 4.79 Å². The molecule has 0 amide bonds. The molecule has 0 aliphatic carbocycles. The van der Waals surface area contributed by atoms with Gasteiger partial charge in [0.05, 0.1) is 5.56 Å². The first kappa shape index (κ1) is 15.4. The molecule has 0 aliphatic rings. The van der Waals surface area contributed by atoms with Crippen molar-refractivity contribution in [3.8, 4) is 5.75 Å². The van der Waals surface area contributed by atoms with Gasteiger partial charge in [0.15, 0.2) is 5.78 Å². The molecule has 0 N–H and O–H groups in total. The molecule has 0 fully saturated rings. The number of hydrogen-bond donors (Lipinski definition) is 0. The lowest BCUT2D eigenvalue weighted by atomic mass is 9.90. The smallest absolute Gasteiger partial charge is 0.308 e. The molecule has 0 bridgehead atoms. The summed E-state index contributed by atoms with van der Waals surface area (Å²) < 4.78 is 5.11. The van der Waals surface area contributed by atoms with Crippen LogP contribution >= 0.6 is 0 Å². The van der Waals surface area contributed by atoms with Crippen LogP contribution in [0.15, 0.2) is 24.3 Å². The summed E-state index contributed by atoms with van der Waals surface area (Å²) in [6.07, 6.45) is 3.82. The molecule has 3 nitrogen and oxygen atoms in total. The van der Waals surface area contributed by atoms with Crippen molar-refractivity contribution < 1.29 is 14.3 Å². The maximum absolute atomic E-state index is 12.5. The number of rotatable bonds is 7. The van der Waals surface area contributed by atoms with Crippen LogP contribution < -0.4 is 4.74 Å². The molecule has 1 unspecified atom stereocenters. The molecule has 1 rings (SSSR count). The number of carbonyl (C=O) groups is 2. The normalized spacial score (nSPS) is 11.9. The lowest BCUT2D eigenvalue weighted by molar-refractivity contribution is -0.131. The summed E-state index contributed by atoms with van der Waals surface area (Å²) in [5.41, 5.74) is 0.514. The topological polar surface area (TPSA) is 43.4 Å². The van der Waals surface area contributed by atoms with Crippen molar-refractivity contribution >= 4 is 11.8 Å². The Morgan fingerprint density at radius 1 is 1.21 bits per heavy atom. The minimum absolute atomic E-state index is 0.0108. The molecular formula is C16H22O3. The van der Waals surface area contributed by atoms with Crippen molar-refractivity contribution in [1.82, 2.24) is 0 Å². The maximum atomic E-state index is 12.5. The van der Waals surface area contributed by atoms with Gasteiger partial charge in [0.25, 0.3) is 0 Å². The molecule has 1 atom stereocenters. The number of esters is 1. The van der Waals surface area contributed by atoms with Crippen LogP contribution in [0.2, 0.25) is 0 Å². The number of benzene rings is 1. The summed E-state index contributed by atoms with van der Waals surface area (Å²) >= 11 is 0. The second-order valence-corrected chi connectivity index (χ2v) is 4.70. The van der Waals surface area contributed by atoms with Crippen LogP contribution in [0.25, 0.3) is 0 Å². The zero-order chi connectivity index (χ0) is 14.3. The van der Waals surface area contributed by atoms with Crippen molar-refractivity contribution in [3.05, 3.63) is 29.8 Å². The number of hydrogen-bond acceptors (Lipinski definition) is 3. The van der Waals surface area contributed by atoms with Crippen molar-refractivity contribution in [1.29, 1.82) is 0 Å². The zero-order valence-corrected chi connectivity index (χ0v) is 11.9. The highest BCUT2D eigenvalue weighted by Gasteiger charge is 2.21. The van der Waals surface area contributed by atoms with Crippen molar-refractivity contribution in [2.75, 3.05) is 0 Å². The number of ketones is 1. The summed E-state index contributed by atoms with van der Waals surface area (Å²) in [5.74, 6) is 0.0567. The second-order valence-electron chi connectivity index (χ2n) is 4.70. The highest BCUT2D eigenvalue weighted by molar-refractivity contribution is 6.00. The minimum atomic E-state index is -0.401. The Labute approximate surface area is 115 Å². The molecule has 1 aromatic rings. The van der Waals surface area contributed by atoms with Gasteiger partial charge in [-0.3, -0.25) is 9.59 Å². The number of carbonyl (C=O) groups excluding carboxylic acids is 2. The first-order chi connectivity index (χ1) is 9.10. The average Bonchev–Trinajstić information content (AvgIpc) is 2.39. The molecule has 0 aromatic heterocycles. The molecule has 104 valence electrons. The Morgan fingerprint density at radius 3 is 2.47 bits per heavy atom. The van der Waals surface area contributed by atoms with Gasteiger partial charge in [-0.25, -0.2) is 0 Å². The third-order valence-corrected chi connectivity index (χ3v) is 3.18. The van der Waals surface area contributed by atoms with Gasteiger partial charge >= 0.3 is 5.97 Å². The summed E-state index contributed by atoms with van der Waals surface area (Å²) in [7, 11) is 0. The Morgan fingerprint density at radius 2 is 1.89 bits per heavy atom. The summed E-state index contributed by atoms with van der Waals surface area (Å²) in [5, 5.41) is 0. The van der Waals surface area contributed by atoms with Crippen molar-refractivity contribution in [2.24, 2.45) is 5.92 Å². The van der Waals surface area contributed by atoms with Gasteiger partial charge in [-0.05, 0) is 25.0 Å². The predicted octanol–water partition coefficient (Wildman–Crippen LogP) is 4.01. The maximum Gasteiger partial charge on any atom is 0.308 e. The third-order valence-electron chi connectivity index (χ3n) is 3.18. The van der Waals surface area contributed by atoms with E-state index in [2.05, 4.69) is 6.92 Å². The van der Waals surface area contributed by atoms with Crippen LogP contribution in [-0.4, -0.2) is 11.8 Å². The first-order valence-corrected chi connectivity index (χ1v) is 6.91. The largest absolute Gasteiger partial charge is 0.426 e. The first-order valence-electron chi connectivity index (χ1n) is 6.91. The molecule has 0 saturated heterocycles. The summed E-state index contributed by atoms with van der Waals surface area (Å²) in [4.78, 5) is 23.6. The van der Waals surface area contributed by atoms with E-state index in [0.29, 0.717) is 11.3 Å². The number of unbranched alkanes of at least 4 members (excludes halogenated alkanes) is 1. The van der Waals surface area contributed by atoms with E-state index in [0.717, 1.165) is 25.7 Å². The van der Waals surface area contributed by atoms with Gasteiger partial charge in [0.2, 0.25) is 0 Å². The van der Waals surface area contributed by atoms with E-state index in [1.54, 1.807) is 24.3 Å². The molecule has 3 heteroatoms. The minimum Gasteiger partial charge on any atom is -0.426 e. The number of ether oxygens (including phenoxy) is 1. The molecule has 0 heterocycles. The van der Waals surface area contributed by atoms with E-state index < -0.39 is 5.97 Å². The third kappa shape index (κ3) is 4.51. The van der Waals surface area contributed by atoms with Crippen LogP contribution in [0.5, 0.6) is 5.75 Å². The lowest BCUT2D eigenvalue weighted by Crippen LogP contribution is -2.16. The highest BCUT2D eigenvalue weighted by atomic mass is 16.5. The van der Waals surface area contributed by atoms with Gasteiger partial charge in [-0.1, -0.05) is 38.8 Å². The SMILES string of the molecule is CCCCC(CC)C(=O)c1ccccc1OC(C)=O. The van der Waals surface area contributed by atoms with E-state index in [4.69, 9.17) is 4.74 Å². The molecular weight excluding hydrogens is 240 g/mol. The predicted molar refractivity (Wildman–Crippen MR) is 75.4 cm³/mol. The number of Topliss-reactive ketones (excluding diaryl/α,β-unsaturated/α-hetero) is 1. The fraction of sp³-hybridized carbons (Fsp3) is 0.500. The van der Waals surface area contributed by atoms with Crippen LogP contribution in [0.4, 0.5) is 0 Å². The quantitative estimate of drug-likeness (QED) is 0.423. The van der Waals surface area contributed by atoms with Gasteiger partial charge in [-0.15, -0.1) is 0 Å². The Balaban J connectivity index is 2.93. The standard InChI is InChI=1S/C16H22O3/c1-4-6-9-13(5-2)16(18)14-10-7-8-11-15(14)19-12(3)17/h7-8,10-11,13H,4-6,9H2,1-3H3. The lowest BCUT2D eigenvalue weighted by Gasteiger charge is -2.15. The molecule has 0 spiro atoms. The van der Waals surface area contributed by atoms with Crippen molar-refractivity contribution in [2.45, 2.75) is 46.5 Å². The fourth-order valence-corrected chi connectivity index (χ4v) is 2.11. The zero-order valence-electron chi connectivity index (χ0n) is 11.9. The summed E-state index contributed by atoms with van der Waals surface area (Å²) in [6, 6.07) is 6.96. The van der Waals surface area contributed by atoms with Gasteiger partial charge < -0.3 is 4.74 Å². The van der Waals surface area contributed by atoms with Crippen LogP contribution in [0.3, 0.4) is 0 Å². The second kappa shape index (κ2) is 7.72. The van der Waals surface area contributed by atoms with E-state index in [-0.39, 0.29) is 11.7 Å². The van der Waals surface area contributed by atoms with E-state index in [1.165, 1.54) is 6.92 Å². The monoisotopic (exact) mass is 262 g/mol. The van der Waals surface area contributed by atoms with Gasteiger partial charge in [-0.2, -0.15) is 0 Å². The summed E-state index contributed by atoms with van der Waals surface area (Å²) in [6.45, 7) is 5.48. The molecule has 19 heavy (non-hydrogen) atoms. The molecule has 1 aromatic carbocycles. The molecule has 0 aliphatic heterocycles.